The van der Waals surface area contributed by atoms with Gasteiger partial charge in [-0.2, -0.15) is 0 Å². The number of halogens is 2. The van der Waals surface area contributed by atoms with Gasteiger partial charge < -0.3 is 0 Å². The summed E-state index contributed by atoms with van der Waals surface area (Å²) < 4.78 is 0. The van der Waals surface area contributed by atoms with Crippen LogP contribution in [-0.4, -0.2) is 0 Å². The Bertz CT molecular complexity index is 205. The van der Waals surface area contributed by atoms with Gasteiger partial charge >= 0.3 is 0 Å². The first-order valence-corrected chi connectivity index (χ1v) is 4.84. The van der Waals surface area contributed by atoms with E-state index in [9.17, 15) is 0 Å². The van der Waals surface area contributed by atoms with Crippen molar-refractivity contribution in [1.82, 2.24) is 0 Å². The second-order valence-corrected chi connectivity index (χ2v) is 4.09. The van der Waals surface area contributed by atoms with Gasteiger partial charge in [0.25, 0.3) is 0 Å². The quantitative estimate of drug-likeness (QED) is 0.630. The Hall–Kier alpha value is 0.280. The highest BCUT2D eigenvalue weighted by Gasteiger charge is 2.04. The molecule has 0 nitrogen and oxygen atoms in total. The van der Waals surface area contributed by atoms with Gasteiger partial charge in [0, 0.05) is 4.88 Å². The highest BCUT2D eigenvalue weighted by molar-refractivity contribution is 7.10. The molecule has 1 aromatic rings. The van der Waals surface area contributed by atoms with Crippen LogP contribution in [-0.2, 0) is 6.42 Å². The minimum Gasteiger partial charge on any atom is -0.149 e. The summed E-state index contributed by atoms with van der Waals surface area (Å²) >= 11 is 13.0. The van der Waals surface area contributed by atoms with Crippen LogP contribution in [0.4, 0.5) is 0 Å². The molecule has 56 valence electrons. The third kappa shape index (κ3) is 1.88. The Labute approximate surface area is 74.8 Å². The molecular formula is C7H8Cl2S. The van der Waals surface area contributed by atoms with Crippen LogP contribution in [0.1, 0.15) is 22.2 Å². The fraction of sp³-hybridized carbons (Fsp3) is 0.429. The van der Waals surface area contributed by atoms with Crippen molar-refractivity contribution in [2.45, 2.75) is 18.2 Å². The van der Waals surface area contributed by atoms with Crippen LogP contribution in [0, 0.1) is 0 Å². The maximum Gasteiger partial charge on any atom is 0.133 e. The maximum absolute atomic E-state index is 5.65. The van der Waals surface area contributed by atoms with Gasteiger partial charge in [-0.05, 0) is 23.4 Å². The van der Waals surface area contributed by atoms with Crippen LogP contribution in [0.15, 0.2) is 11.4 Å². The first-order chi connectivity index (χ1) is 4.74. The number of hydrogen-bond acceptors (Lipinski definition) is 1. The van der Waals surface area contributed by atoms with Crippen LogP contribution >= 0.6 is 34.5 Å². The van der Waals surface area contributed by atoms with E-state index in [2.05, 4.69) is 13.0 Å². The van der Waals surface area contributed by atoms with Crippen LogP contribution in [0.3, 0.4) is 0 Å². The summed E-state index contributed by atoms with van der Waals surface area (Å²) in [7, 11) is 0. The third-order valence-corrected chi connectivity index (χ3v) is 2.88. The summed E-state index contributed by atoms with van der Waals surface area (Å²) in [5, 5.41) is 2.00. The molecule has 1 heterocycles. The number of hydrogen-bond donors (Lipinski definition) is 0. The Morgan fingerprint density at radius 2 is 2.30 bits per heavy atom. The normalized spacial score (nSPS) is 10.8. The number of rotatable bonds is 2. The molecule has 0 saturated heterocycles. The fourth-order valence-electron chi connectivity index (χ4n) is 0.697. The van der Waals surface area contributed by atoms with E-state index >= 15 is 0 Å². The van der Waals surface area contributed by atoms with E-state index in [1.165, 1.54) is 4.88 Å². The molecule has 0 N–H and O–H groups in total. The average Bonchev–Trinajstić information content (AvgIpc) is 2.34. The Morgan fingerprint density at radius 1 is 1.60 bits per heavy atom. The molecule has 0 saturated carbocycles. The van der Waals surface area contributed by atoms with Gasteiger partial charge in [-0.1, -0.05) is 6.92 Å². The minimum absolute atomic E-state index is 0.364. The SMILES string of the molecule is CCc1cc(C(Cl)Cl)cs1. The molecule has 0 aliphatic heterocycles. The lowest BCUT2D eigenvalue weighted by atomic mass is 10.3. The van der Waals surface area contributed by atoms with Crippen LogP contribution in [0.25, 0.3) is 0 Å². The molecule has 0 spiro atoms. The molecule has 0 aliphatic carbocycles. The predicted octanol–water partition coefficient (Wildman–Crippen LogP) is 3.79. The van der Waals surface area contributed by atoms with Crippen molar-refractivity contribution < 1.29 is 0 Å². The zero-order valence-electron chi connectivity index (χ0n) is 5.60. The van der Waals surface area contributed by atoms with E-state index < -0.39 is 0 Å². The summed E-state index contributed by atoms with van der Waals surface area (Å²) in [6.45, 7) is 2.12. The molecule has 0 bridgehead atoms. The van der Waals surface area contributed by atoms with Crippen molar-refractivity contribution in [3.8, 4) is 0 Å². The van der Waals surface area contributed by atoms with Gasteiger partial charge in [-0.15, -0.1) is 34.5 Å². The lowest BCUT2D eigenvalue weighted by Crippen LogP contribution is -1.73. The van der Waals surface area contributed by atoms with Crippen molar-refractivity contribution >= 4 is 34.5 Å². The molecule has 1 aromatic heterocycles. The highest BCUT2D eigenvalue weighted by atomic mass is 35.5. The zero-order valence-corrected chi connectivity index (χ0v) is 7.93. The summed E-state index contributed by atoms with van der Waals surface area (Å²) in [6.07, 6.45) is 1.06. The molecule has 0 amide bonds. The number of alkyl halides is 2. The topological polar surface area (TPSA) is 0 Å². The molecule has 0 atom stereocenters. The summed E-state index contributed by atoms with van der Waals surface area (Å²) in [6, 6.07) is 2.05. The average molecular weight is 195 g/mol. The van der Waals surface area contributed by atoms with E-state index in [0.29, 0.717) is 0 Å². The first kappa shape index (κ1) is 8.38. The first-order valence-electron chi connectivity index (χ1n) is 3.09. The molecule has 3 heteroatoms. The van der Waals surface area contributed by atoms with Gasteiger partial charge in [-0.3, -0.25) is 0 Å². The smallest absolute Gasteiger partial charge is 0.133 e. The standard InChI is InChI=1S/C7H8Cl2S/c1-2-6-3-5(4-10-6)7(8)9/h3-4,7H,2H2,1H3. The van der Waals surface area contributed by atoms with Crippen LogP contribution in [0.5, 0.6) is 0 Å². The van der Waals surface area contributed by atoms with Crippen molar-refractivity contribution in [3.05, 3.63) is 21.9 Å². The van der Waals surface area contributed by atoms with Crippen molar-refractivity contribution in [3.63, 3.8) is 0 Å². The number of aryl methyl sites for hydroxylation is 1. The van der Waals surface area contributed by atoms with Gasteiger partial charge in [0.2, 0.25) is 0 Å². The van der Waals surface area contributed by atoms with E-state index in [0.717, 1.165) is 12.0 Å². The van der Waals surface area contributed by atoms with Crippen LogP contribution < -0.4 is 0 Å². The predicted molar refractivity (Wildman–Crippen MR) is 48.1 cm³/mol. The lowest BCUT2D eigenvalue weighted by Gasteiger charge is -1.92. The van der Waals surface area contributed by atoms with Crippen molar-refractivity contribution in [2.24, 2.45) is 0 Å². The van der Waals surface area contributed by atoms with Crippen molar-refractivity contribution in [1.29, 1.82) is 0 Å². The molecule has 0 unspecified atom stereocenters. The lowest BCUT2D eigenvalue weighted by molar-refractivity contribution is 1.18. The molecule has 10 heavy (non-hydrogen) atoms. The fourth-order valence-corrected chi connectivity index (χ4v) is 1.96. The van der Waals surface area contributed by atoms with Gasteiger partial charge in [0.15, 0.2) is 0 Å². The van der Waals surface area contributed by atoms with E-state index in [1.807, 2.05) is 5.38 Å². The molecule has 0 radical (unpaired) electrons. The Kier molecular flexibility index (Phi) is 3.02. The van der Waals surface area contributed by atoms with E-state index in [4.69, 9.17) is 23.2 Å². The zero-order chi connectivity index (χ0) is 7.56. The van der Waals surface area contributed by atoms with E-state index in [-0.39, 0.29) is 4.84 Å². The summed E-state index contributed by atoms with van der Waals surface area (Å²) in [4.78, 5) is 0.970. The molecule has 0 fully saturated rings. The molecule has 1 rings (SSSR count). The van der Waals surface area contributed by atoms with Crippen LogP contribution in [0.2, 0.25) is 0 Å². The largest absolute Gasteiger partial charge is 0.149 e. The minimum atomic E-state index is -0.364. The monoisotopic (exact) mass is 194 g/mol. The second-order valence-electron chi connectivity index (χ2n) is 2.00. The van der Waals surface area contributed by atoms with E-state index in [1.54, 1.807) is 11.3 Å². The second kappa shape index (κ2) is 3.61. The Balaban J connectivity index is 2.78. The van der Waals surface area contributed by atoms with Crippen molar-refractivity contribution in [2.75, 3.05) is 0 Å². The summed E-state index contributed by atoms with van der Waals surface area (Å²) in [5.41, 5.74) is 1.02. The molecular weight excluding hydrogens is 187 g/mol. The van der Waals surface area contributed by atoms with Gasteiger partial charge in [0.1, 0.15) is 4.84 Å². The molecule has 0 aliphatic rings. The third-order valence-electron chi connectivity index (χ3n) is 1.27. The molecule has 0 aromatic carbocycles. The van der Waals surface area contributed by atoms with Gasteiger partial charge in [0.05, 0.1) is 0 Å². The highest BCUT2D eigenvalue weighted by Crippen LogP contribution is 2.28. The number of thiophene rings is 1. The van der Waals surface area contributed by atoms with Gasteiger partial charge in [-0.25, -0.2) is 0 Å². The Morgan fingerprint density at radius 3 is 2.60 bits per heavy atom. The summed E-state index contributed by atoms with van der Waals surface area (Å²) in [5.74, 6) is 0. The maximum atomic E-state index is 5.65.